The number of hydrogen-bond donors (Lipinski definition) is 3. The fraction of sp³-hybridized carbons (Fsp3) is 0.393. The summed E-state index contributed by atoms with van der Waals surface area (Å²) in [5.41, 5.74) is 1.93. The van der Waals surface area contributed by atoms with Gasteiger partial charge in [0, 0.05) is 36.2 Å². The van der Waals surface area contributed by atoms with Crippen LogP contribution in [0.15, 0.2) is 54.7 Å². The lowest BCUT2D eigenvalue weighted by Crippen LogP contribution is -2.49. The number of benzene rings is 2. The molecule has 2 heterocycles. The predicted molar refractivity (Wildman–Crippen MR) is 133 cm³/mol. The Morgan fingerprint density at radius 2 is 1.89 bits per heavy atom. The van der Waals surface area contributed by atoms with Gasteiger partial charge in [-0.15, -0.1) is 0 Å². The van der Waals surface area contributed by atoms with E-state index in [9.17, 15) is 23.4 Å². The van der Waals surface area contributed by atoms with Gasteiger partial charge >= 0.3 is 0 Å². The number of hydrogen-bond acceptors (Lipinski definition) is 5. The average Bonchev–Trinajstić information content (AvgIpc) is 2.88. The lowest BCUT2D eigenvalue weighted by atomic mass is 9.92. The fourth-order valence-electron chi connectivity index (χ4n) is 4.73. The Hall–Kier alpha value is -2.78. The normalized spacial score (nSPS) is 21.3. The molecule has 0 unspecified atom stereocenters. The molecule has 8 heteroatoms. The van der Waals surface area contributed by atoms with Crippen LogP contribution in [0.2, 0.25) is 0 Å². The number of halogens is 3. The van der Waals surface area contributed by atoms with Crippen molar-refractivity contribution in [2.24, 2.45) is 0 Å². The van der Waals surface area contributed by atoms with Crippen molar-refractivity contribution in [2.45, 2.75) is 56.5 Å². The molecule has 0 radical (unpaired) electrons. The maximum atomic E-state index is 13.8. The third-order valence-corrected chi connectivity index (χ3v) is 6.61. The summed E-state index contributed by atoms with van der Waals surface area (Å²) >= 11 is 0. The number of fused-ring (bicyclic) bond motifs is 1. The van der Waals surface area contributed by atoms with Crippen LogP contribution in [0.4, 0.5) is 13.2 Å². The van der Waals surface area contributed by atoms with Crippen LogP contribution in [0.3, 0.4) is 0 Å². The average molecular weight is 501 g/mol. The standard InChI is InChI=1S/C28H31F3N2O3/c29-20-4-8-25(31)19(14-20)2-1-12-32-27-10-7-23(36-28(27)16-22(35)17-34)6-3-18-11-13-33-26-9-5-21(30)15-24(18)26/h1-2,4-5,8-9,11,13-15,22-23,27-28,32,34-35H,3,6-7,10,12,16-17H2/t22-,23-,27-,28-/m1/s1. The molecule has 36 heavy (non-hydrogen) atoms. The fourth-order valence-corrected chi connectivity index (χ4v) is 4.73. The minimum absolute atomic E-state index is 0.0485. The highest BCUT2D eigenvalue weighted by Gasteiger charge is 2.32. The molecule has 4 atom stereocenters. The van der Waals surface area contributed by atoms with E-state index < -0.39 is 17.7 Å². The van der Waals surface area contributed by atoms with Crippen LogP contribution in [-0.4, -0.2) is 52.7 Å². The number of nitrogens with one attached hydrogen (secondary N) is 1. The van der Waals surface area contributed by atoms with Gasteiger partial charge in [-0.3, -0.25) is 4.98 Å². The molecule has 3 aromatic rings. The molecule has 3 N–H and O–H groups in total. The Morgan fingerprint density at radius 3 is 2.72 bits per heavy atom. The SMILES string of the molecule is OC[C@H](O)C[C@H]1O[C@H](CCc2ccnc3ccc(F)cc23)CC[C@H]1NCC=Cc1cc(F)ccc1F. The molecule has 1 fully saturated rings. The minimum atomic E-state index is -0.901. The Bertz CT molecular complexity index is 1190. The van der Waals surface area contributed by atoms with Crippen LogP contribution in [0.1, 0.15) is 36.8 Å². The number of aliphatic hydroxyl groups excluding tert-OH is 2. The van der Waals surface area contributed by atoms with E-state index >= 15 is 0 Å². The van der Waals surface area contributed by atoms with Crippen LogP contribution in [0.5, 0.6) is 0 Å². The number of aliphatic hydroxyl groups is 2. The molecule has 4 rings (SSSR count). The third-order valence-electron chi connectivity index (χ3n) is 6.61. The van der Waals surface area contributed by atoms with E-state index in [1.165, 1.54) is 18.2 Å². The molecule has 1 saturated heterocycles. The predicted octanol–water partition coefficient (Wildman–Crippen LogP) is 4.55. The van der Waals surface area contributed by atoms with Gasteiger partial charge in [-0.2, -0.15) is 0 Å². The second kappa shape index (κ2) is 12.5. The zero-order valence-corrected chi connectivity index (χ0v) is 19.9. The minimum Gasteiger partial charge on any atom is -0.394 e. The summed E-state index contributed by atoms with van der Waals surface area (Å²) in [5.74, 6) is -1.30. The van der Waals surface area contributed by atoms with Crippen molar-refractivity contribution in [1.82, 2.24) is 10.3 Å². The molecule has 1 aliphatic heterocycles. The van der Waals surface area contributed by atoms with Crippen LogP contribution < -0.4 is 5.32 Å². The molecular weight excluding hydrogens is 469 g/mol. The summed E-state index contributed by atoms with van der Waals surface area (Å²) in [6.45, 7) is 0.0551. The Morgan fingerprint density at radius 1 is 1.08 bits per heavy atom. The van der Waals surface area contributed by atoms with Gasteiger partial charge in [0.1, 0.15) is 17.5 Å². The highest BCUT2D eigenvalue weighted by molar-refractivity contribution is 5.81. The van der Waals surface area contributed by atoms with Crippen molar-refractivity contribution in [3.05, 3.63) is 83.3 Å². The van der Waals surface area contributed by atoms with Crippen molar-refractivity contribution >= 4 is 17.0 Å². The van der Waals surface area contributed by atoms with E-state index in [4.69, 9.17) is 4.74 Å². The molecule has 0 amide bonds. The van der Waals surface area contributed by atoms with Gasteiger partial charge in [0.15, 0.2) is 0 Å². The molecule has 0 saturated carbocycles. The Labute approximate surface area is 208 Å². The smallest absolute Gasteiger partial charge is 0.130 e. The summed E-state index contributed by atoms with van der Waals surface area (Å²) < 4.78 is 47.3. The number of ether oxygens (including phenoxy) is 1. The summed E-state index contributed by atoms with van der Waals surface area (Å²) in [5, 5.41) is 23.5. The summed E-state index contributed by atoms with van der Waals surface area (Å²) in [7, 11) is 0. The summed E-state index contributed by atoms with van der Waals surface area (Å²) in [4.78, 5) is 4.30. The maximum Gasteiger partial charge on any atom is 0.130 e. The molecule has 192 valence electrons. The maximum absolute atomic E-state index is 13.8. The van der Waals surface area contributed by atoms with Crippen LogP contribution >= 0.6 is 0 Å². The van der Waals surface area contributed by atoms with E-state index in [2.05, 4.69) is 10.3 Å². The molecule has 0 spiro atoms. The van der Waals surface area contributed by atoms with E-state index in [1.54, 1.807) is 18.3 Å². The third kappa shape index (κ3) is 6.91. The van der Waals surface area contributed by atoms with Gasteiger partial charge in [-0.25, -0.2) is 13.2 Å². The van der Waals surface area contributed by atoms with Crippen molar-refractivity contribution in [3.8, 4) is 0 Å². The Kier molecular flexibility index (Phi) is 9.09. The number of aryl methyl sites for hydroxylation is 1. The number of pyridine rings is 1. The van der Waals surface area contributed by atoms with Crippen LogP contribution in [0, 0.1) is 17.5 Å². The first kappa shape index (κ1) is 26.3. The van der Waals surface area contributed by atoms with E-state index in [1.807, 2.05) is 6.07 Å². The van der Waals surface area contributed by atoms with Crippen LogP contribution in [-0.2, 0) is 11.2 Å². The van der Waals surface area contributed by atoms with Crippen molar-refractivity contribution in [3.63, 3.8) is 0 Å². The zero-order valence-electron chi connectivity index (χ0n) is 19.9. The quantitative estimate of drug-likeness (QED) is 0.381. The number of rotatable bonds is 10. The highest BCUT2D eigenvalue weighted by atomic mass is 19.1. The molecule has 0 bridgehead atoms. The molecule has 2 aromatic carbocycles. The van der Waals surface area contributed by atoms with Gasteiger partial charge in [0.25, 0.3) is 0 Å². The first-order valence-corrected chi connectivity index (χ1v) is 12.3. The van der Waals surface area contributed by atoms with Gasteiger partial charge in [0.2, 0.25) is 0 Å². The van der Waals surface area contributed by atoms with E-state index in [-0.39, 0.29) is 42.7 Å². The summed E-state index contributed by atoms with van der Waals surface area (Å²) in [6, 6.07) is 9.71. The highest BCUT2D eigenvalue weighted by Crippen LogP contribution is 2.27. The molecule has 1 aromatic heterocycles. The first-order valence-electron chi connectivity index (χ1n) is 12.3. The zero-order chi connectivity index (χ0) is 25.5. The van der Waals surface area contributed by atoms with Crippen molar-refractivity contribution in [2.75, 3.05) is 13.2 Å². The molecule has 1 aliphatic rings. The molecule has 0 aliphatic carbocycles. The van der Waals surface area contributed by atoms with E-state index in [0.717, 1.165) is 53.9 Å². The molecule has 5 nitrogen and oxygen atoms in total. The van der Waals surface area contributed by atoms with Gasteiger partial charge in [0.05, 0.1) is 30.4 Å². The Balaban J connectivity index is 1.36. The number of nitrogens with zero attached hydrogens (tertiary/aromatic N) is 1. The van der Waals surface area contributed by atoms with Gasteiger partial charge in [-0.05, 0) is 73.7 Å². The van der Waals surface area contributed by atoms with Gasteiger partial charge < -0.3 is 20.3 Å². The summed E-state index contributed by atoms with van der Waals surface area (Å²) in [6.07, 6.45) is 6.98. The van der Waals surface area contributed by atoms with Crippen LogP contribution in [0.25, 0.3) is 17.0 Å². The van der Waals surface area contributed by atoms with Crippen molar-refractivity contribution < 1.29 is 28.1 Å². The van der Waals surface area contributed by atoms with E-state index in [0.29, 0.717) is 13.0 Å². The van der Waals surface area contributed by atoms with Gasteiger partial charge in [-0.1, -0.05) is 12.2 Å². The molecular formula is C28H31F3N2O3. The monoisotopic (exact) mass is 500 g/mol. The number of aromatic nitrogens is 1. The topological polar surface area (TPSA) is 74.6 Å². The van der Waals surface area contributed by atoms with Crippen molar-refractivity contribution in [1.29, 1.82) is 0 Å². The lowest BCUT2D eigenvalue weighted by molar-refractivity contribution is -0.0917. The first-order chi connectivity index (χ1) is 17.4. The second-order valence-electron chi connectivity index (χ2n) is 9.20. The largest absolute Gasteiger partial charge is 0.394 e. The lowest BCUT2D eigenvalue weighted by Gasteiger charge is -2.38. The second-order valence-corrected chi connectivity index (χ2v) is 9.20.